The van der Waals surface area contributed by atoms with E-state index in [0.29, 0.717) is 33.6 Å². The van der Waals surface area contributed by atoms with Crippen LogP contribution in [0.15, 0.2) is 40.9 Å². The zero-order valence-corrected chi connectivity index (χ0v) is 17.4. The number of hydrogen-bond donors (Lipinski definition) is 1. The molecule has 2 aromatic carbocycles. The van der Waals surface area contributed by atoms with Crippen LogP contribution in [0.3, 0.4) is 0 Å². The van der Waals surface area contributed by atoms with Crippen LogP contribution in [0.25, 0.3) is 11.5 Å². The third-order valence-corrected chi connectivity index (χ3v) is 5.00. The number of nitrogens with one attached hydrogen (secondary N) is 1. The van der Waals surface area contributed by atoms with Gasteiger partial charge in [0.25, 0.3) is 11.8 Å². The molecule has 1 amide bonds. The summed E-state index contributed by atoms with van der Waals surface area (Å²) in [6, 6.07) is 10.8. The zero-order chi connectivity index (χ0) is 18.8. The van der Waals surface area contributed by atoms with Crippen molar-refractivity contribution in [2.45, 2.75) is 26.7 Å². The van der Waals surface area contributed by atoms with Crippen LogP contribution in [0.5, 0.6) is 0 Å². The first-order chi connectivity index (χ1) is 12.4. The van der Waals surface area contributed by atoms with Crippen molar-refractivity contribution < 1.29 is 9.32 Å². The first kappa shape index (κ1) is 18.8. The Balaban J connectivity index is 1.98. The first-order valence-corrected chi connectivity index (χ1v) is 9.52. The van der Waals surface area contributed by atoms with E-state index in [2.05, 4.69) is 38.0 Å². The van der Waals surface area contributed by atoms with Crippen LogP contribution >= 0.6 is 34.2 Å². The van der Waals surface area contributed by atoms with Crippen molar-refractivity contribution in [3.63, 3.8) is 0 Å². The van der Waals surface area contributed by atoms with Crippen molar-refractivity contribution >= 4 is 45.8 Å². The number of halogens is 2. The molecule has 0 aliphatic carbocycles. The summed E-state index contributed by atoms with van der Waals surface area (Å²) < 4.78 is 6.18. The molecule has 0 radical (unpaired) electrons. The number of benzene rings is 2. The minimum Gasteiger partial charge on any atom is -0.334 e. The highest BCUT2D eigenvalue weighted by molar-refractivity contribution is 14.1. The molecule has 0 aliphatic rings. The fraction of sp³-hybridized carbons (Fsp3) is 0.211. The lowest BCUT2D eigenvalue weighted by atomic mass is 10.1. The maximum Gasteiger partial charge on any atom is 0.260 e. The van der Waals surface area contributed by atoms with E-state index in [1.807, 2.05) is 39.0 Å². The molecular weight excluding hydrogens is 465 g/mol. The van der Waals surface area contributed by atoms with Gasteiger partial charge in [-0.3, -0.25) is 4.79 Å². The standard InChI is InChI=1S/C19H17ClIN3O2/c1-10(2)17-23-19(26-24-17)14-6-4-5-11(3)16(14)22-18(25)13-8-7-12(20)9-15(13)21/h4-10H,1-3H3,(H,22,25). The molecule has 3 aromatic rings. The van der Waals surface area contributed by atoms with E-state index < -0.39 is 0 Å². The molecule has 1 heterocycles. The Morgan fingerprint density at radius 2 is 2.04 bits per heavy atom. The van der Waals surface area contributed by atoms with Gasteiger partial charge in [-0.15, -0.1) is 0 Å². The topological polar surface area (TPSA) is 68.0 Å². The summed E-state index contributed by atoms with van der Waals surface area (Å²) in [6.07, 6.45) is 0. The largest absolute Gasteiger partial charge is 0.334 e. The lowest BCUT2D eigenvalue weighted by molar-refractivity contribution is 0.102. The van der Waals surface area contributed by atoms with E-state index in [1.165, 1.54) is 0 Å². The number of carbonyl (C=O) groups excluding carboxylic acids is 1. The summed E-state index contributed by atoms with van der Waals surface area (Å²) in [7, 11) is 0. The average Bonchev–Trinajstić information content (AvgIpc) is 3.06. The predicted molar refractivity (Wildman–Crippen MR) is 111 cm³/mol. The number of amides is 1. The van der Waals surface area contributed by atoms with Crippen molar-refractivity contribution in [1.82, 2.24) is 10.1 Å². The van der Waals surface area contributed by atoms with Gasteiger partial charge in [0.1, 0.15) is 0 Å². The Hall–Kier alpha value is -1.93. The average molecular weight is 482 g/mol. The number of carbonyl (C=O) groups is 1. The highest BCUT2D eigenvalue weighted by Crippen LogP contribution is 2.31. The maximum absolute atomic E-state index is 12.8. The molecule has 26 heavy (non-hydrogen) atoms. The van der Waals surface area contributed by atoms with Crippen molar-refractivity contribution in [3.05, 3.63) is 61.9 Å². The quantitative estimate of drug-likeness (QED) is 0.487. The van der Waals surface area contributed by atoms with Gasteiger partial charge >= 0.3 is 0 Å². The van der Waals surface area contributed by atoms with Crippen molar-refractivity contribution in [2.24, 2.45) is 0 Å². The molecule has 0 saturated heterocycles. The highest BCUT2D eigenvalue weighted by Gasteiger charge is 2.19. The van der Waals surface area contributed by atoms with Gasteiger partial charge in [-0.2, -0.15) is 4.98 Å². The number of hydrogen-bond acceptors (Lipinski definition) is 4. The van der Waals surface area contributed by atoms with Gasteiger partial charge in [-0.25, -0.2) is 0 Å². The number of para-hydroxylation sites is 1. The fourth-order valence-corrected chi connectivity index (χ4v) is 3.56. The number of rotatable bonds is 4. The van der Waals surface area contributed by atoms with Crippen molar-refractivity contribution in [3.8, 4) is 11.5 Å². The minimum absolute atomic E-state index is 0.158. The van der Waals surface area contributed by atoms with E-state index >= 15 is 0 Å². The Morgan fingerprint density at radius 1 is 1.27 bits per heavy atom. The Kier molecular flexibility index (Phi) is 5.62. The fourth-order valence-electron chi connectivity index (χ4n) is 2.45. The molecular formula is C19H17ClIN3O2. The van der Waals surface area contributed by atoms with Gasteiger partial charge in [0, 0.05) is 14.5 Å². The van der Waals surface area contributed by atoms with E-state index in [1.54, 1.807) is 18.2 Å². The summed E-state index contributed by atoms with van der Waals surface area (Å²) in [5, 5.41) is 7.58. The zero-order valence-electron chi connectivity index (χ0n) is 14.5. The molecule has 0 saturated carbocycles. The van der Waals surface area contributed by atoms with E-state index in [-0.39, 0.29) is 11.8 Å². The molecule has 1 N–H and O–H groups in total. The number of aromatic nitrogens is 2. The van der Waals surface area contributed by atoms with Crippen LogP contribution in [0, 0.1) is 10.5 Å². The van der Waals surface area contributed by atoms with E-state index in [9.17, 15) is 4.79 Å². The van der Waals surface area contributed by atoms with Crippen molar-refractivity contribution in [1.29, 1.82) is 0 Å². The maximum atomic E-state index is 12.8. The van der Waals surface area contributed by atoms with Crippen LogP contribution < -0.4 is 5.32 Å². The smallest absolute Gasteiger partial charge is 0.260 e. The molecule has 0 unspecified atom stereocenters. The molecule has 1 aromatic heterocycles. The summed E-state index contributed by atoms with van der Waals surface area (Å²) in [6.45, 7) is 5.91. The molecule has 7 heteroatoms. The van der Waals surface area contributed by atoms with Crippen LogP contribution in [0.1, 0.15) is 41.5 Å². The predicted octanol–water partition coefficient (Wildman–Crippen LogP) is 5.68. The Morgan fingerprint density at radius 3 is 2.69 bits per heavy atom. The van der Waals surface area contributed by atoms with Gasteiger partial charge < -0.3 is 9.84 Å². The van der Waals surface area contributed by atoms with Gasteiger partial charge in [0.05, 0.1) is 16.8 Å². The third-order valence-electron chi connectivity index (χ3n) is 3.88. The second kappa shape index (κ2) is 7.75. The molecule has 0 aliphatic heterocycles. The SMILES string of the molecule is Cc1cccc(-c2nc(C(C)C)no2)c1NC(=O)c1ccc(Cl)cc1I. The van der Waals surface area contributed by atoms with Crippen LogP contribution in [-0.2, 0) is 0 Å². The highest BCUT2D eigenvalue weighted by atomic mass is 127. The van der Waals surface area contributed by atoms with Gasteiger partial charge in [0.15, 0.2) is 5.82 Å². The molecule has 0 bridgehead atoms. The monoisotopic (exact) mass is 481 g/mol. The van der Waals surface area contributed by atoms with Gasteiger partial charge in [-0.1, -0.05) is 42.7 Å². The molecule has 0 fully saturated rings. The second-order valence-corrected chi connectivity index (χ2v) is 7.79. The first-order valence-electron chi connectivity index (χ1n) is 8.07. The number of anilines is 1. The molecule has 3 rings (SSSR count). The van der Waals surface area contributed by atoms with Crippen LogP contribution in [0.4, 0.5) is 5.69 Å². The third kappa shape index (κ3) is 3.91. The summed E-state index contributed by atoms with van der Waals surface area (Å²) in [5.41, 5.74) is 2.81. The molecule has 5 nitrogen and oxygen atoms in total. The molecule has 0 atom stereocenters. The number of aryl methyl sites for hydroxylation is 1. The lowest BCUT2D eigenvalue weighted by Gasteiger charge is -2.12. The van der Waals surface area contributed by atoms with E-state index in [0.717, 1.165) is 9.13 Å². The summed E-state index contributed by atoms with van der Waals surface area (Å²) in [4.78, 5) is 17.2. The minimum atomic E-state index is -0.217. The summed E-state index contributed by atoms with van der Waals surface area (Å²) >= 11 is 8.07. The van der Waals surface area contributed by atoms with Gasteiger partial charge in [-0.05, 0) is 59.3 Å². The second-order valence-electron chi connectivity index (χ2n) is 6.19. The molecule has 134 valence electrons. The van der Waals surface area contributed by atoms with Gasteiger partial charge in [0.2, 0.25) is 0 Å². The van der Waals surface area contributed by atoms with Crippen LogP contribution in [-0.4, -0.2) is 16.0 Å². The summed E-state index contributed by atoms with van der Waals surface area (Å²) in [5.74, 6) is 0.959. The lowest BCUT2D eigenvalue weighted by Crippen LogP contribution is -2.15. The Bertz CT molecular complexity index is 969. The normalized spacial score (nSPS) is 11.0. The molecule has 0 spiro atoms. The van der Waals surface area contributed by atoms with Crippen molar-refractivity contribution in [2.75, 3.05) is 5.32 Å². The van der Waals surface area contributed by atoms with Crippen LogP contribution in [0.2, 0.25) is 5.02 Å². The number of nitrogens with zero attached hydrogens (tertiary/aromatic N) is 2. The van der Waals surface area contributed by atoms with E-state index in [4.69, 9.17) is 16.1 Å². The Labute approximate surface area is 170 Å².